The van der Waals surface area contributed by atoms with Gasteiger partial charge < -0.3 is 14.6 Å². The van der Waals surface area contributed by atoms with Crippen LogP contribution >= 0.6 is 8.03 Å². The summed E-state index contributed by atoms with van der Waals surface area (Å²) in [6.45, 7) is 3.03. The molecule has 13 heavy (non-hydrogen) atoms. The normalized spacial score (nSPS) is 14.2. The standard InChI is InChI=1S/C7H16O5P/c1-7(8)13(9)12-6-5-11-4-3-10-2/h7-8H,3-6H2,1-2H3/q+1. The van der Waals surface area contributed by atoms with Crippen LogP contribution in [0.25, 0.3) is 0 Å². The van der Waals surface area contributed by atoms with Gasteiger partial charge in [0, 0.05) is 14.0 Å². The molecule has 0 aliphatic heterocycles. The van der Waals surface area contributed by atoms with Gasteiger partial charge in [-0.25, -0.2) is 0 Å². The van der Waals surface area contributed by atoms with Gasteiger partial charge in [-0.05, 0) is 4.57 Å². The van der Waals surface area contributed by atoms with Crippen molar-refractivity contribution >= 4 is 8.03 Å². The minimum Gasteiger partial charge on any atom is -0.382 e. The summed E-state index contributed by atoms with van der Waals surface area (Å²) in [6, 6.07) is 0. The molecule has 6 heteroatoms. The number of ether oxygens (including phenoxy) is 2. The van der Waals surface area contributed by atoms with Crippen LogP contribution in [0.3, 0.4) is 0 Å². The lowest BCUT2D eigenvalue weighted by atomic mass is 10.7. The van der Waals surface area contributed by atoms with Crippen molar-refractivity contribution in [1.29, 1.82) is 0 Å². The molecule has 0 spiro atoms. The molecular formula is C7H16O5P+. The van der Waals surface area contributed by atoms with E-state index in [1.165, 1.54) is 6.92 Å². The summed E-state index contributed by atoms with van der Waals surface area (Å²) in [5.41, 5.74) is 0. The van der Waals surface area contributed by atoms with Crippen LogP contribution in [0.1, 0.15) is 6.92 Å². The zero-order chi connectivity index (χ0) is 10.1. The Morgan fingerprint density at radius 1 is 1.31 bits per heavy atom. The molecule has 1 N–H and O–H groups in total. The molecule has 0 amide bonds. The van der Waals surface area contributed by atoms with Crippen LogP contribution in [0.15, 0.2) is 0 Å². The quantitative estimate of drug-likeness (QED) is 0.474. The van der Waals surface area contributed by atoms with Gasteiger partial charge in [0.15, 0.2) is 0 Å². The molecule has 0 aromatic rings. The van der Waals surface area contributed by atoms with Crippen molar-refractivity contribution in [3.63, 3.8) is 0 Å². The maximum absolute atomic E-state index is 10.8. The molecule has 0 rings (SSSR count). The van der Waals surface area contributed by atoms with Gasteiger partial charge in [0.2, 0.25) is 0 Å². The Balaban J connectivity index is 3.12. The summed E-state index contributed by atoms with van der Waals surface area (Å²) < 4.78 is 25.4. The van der Waals surface area contributed by atoms with Gasteiger partial charge in [-0.2, -0.15) is 0 Å². The first-order chi connectivity index (χ1) is 6.18. The Labute approximate surface area is 78.9 Å². The third-order valence-electron chi connectivity index (χ3n) is 1.18. The van der Waals surface area contributed by atoms with E-state index in [9.17, 15) is 4.57 Å². The van der Waals surface area contributed by atoms with E-state index in [-0.39, 0.29) is 6.61 Å². The first kappa shape index (κ1) is 12.9. The van der Waals surface area contributed by atoms with Gasteiger partial charge >= 0.3 is 8.03 Å². The van der Waals surface area contributed by atoms with Crippen LogP contribution in [-0.2, 0) is 18.6 Å². The lowest BCUT2D eigenvalue weighted by Crippen LogP contribution is -2.07. The molecule has 0 aromatic heterocycles. The van der Waals surface area contributed by atoms with E-state index in [1.807, 2.05) is 0 Å². The topological polar surface area (TPSA) is 65.0 Å². The summed E-state index contributed by atoms with van der Waals surface area (Å²) in [7, 11) is -0.382. The Kier molecular flexibility index (Phi) is 8.49. The second-order valence-electron chi connectivity index (χ2n) is 2.36. The fourth-order valence-electron chi connectivity index (χ4n) is 0.538. The van der Waals surface area contributed by atoms with E-state index in [1.54, 1.807) is 7.11 Å². The van der Waals surface area contributed by atoms with Crippen molar-refractivity contribution in [2.24, 2.45) is 0 Å². The minimum atomic E-state index is -1.97. The van der Waals surface area contributed by atoms with Crippen molar-refractivity contribution < 1.29 is 23.7 Å². The van der Waals surface area contributed by atoms with Crippen LogP contribution in [0.5, 0.6) is 0 Å². The largest absolute Gasteiger partial charge is 0.539 e. The number of hydrogen-bond donors (Lipinski definition) is 1. The molecule has 5 nitrogen and oxygen atoms in total. The van der Waals surface area contributed by atoms with Crippen LogP contribution < -0.4 is 0 Å². The van der Waals surface area contributed by atoms with E-state index in [4.69, 9.17) is 19.1 Å². The molecule has 0 saturated carbocycles. The van der Waals surface area contributed by atoms with Gasteiger partial charge in [-0.1, -0.05) is 0 Å². The van der Waals surface area contributed by atoms with Crippen LogP contribution in [0, 0.1) is 0 Å². The number of aliphatic hydroxyl groups excluding tert-OH is 1. The fourth-order valence-corrected chi connectivity index (χ4v) is 1.01. The van der Waals surface area contributed by atoms with E-state index >= 15 is 0 Å². The average Bonchev–Trinajstić information content (AvgIpc) is 2.10. The van der Waals surface area contributed by atoms with Crippen molar-refractivity contribution in [3.8, 4) is 0 Å². The molecule has 0 aliphatic carbocycles. The first-order valence-electron chi connectivity index (χ1n) is 4.02. The van der Waals surface area contributed by atoms with E-state index in [0.29, 0.717) is 19.8 Å². The van der Waals surface area contributed by atoms with Crippen molar-refractivity contribution in [2.45, 2.75) is 12.8 Å². The highest BCUT2D eigenvalue weighted by molar-refractivity contribution is 7.39. The SMILES string of the molecule is COCCOCCO[P+](=O)C(C)O. The maximum atomic E-state index is 10.8. The molecule has 0 fully saturated rings. The van der Waals surface area contributed by atoms with Crippen LogP contribution in [0.4, 0.5) is 0 Å². The molecule has 0 bridgehead atoms. The molecule has 0 radical (unpaired) electrons. The van der Waals surface area contributed by atoms with E-state index in [2.05, 4.69) is 0 Å². The Morgan fingerprint density at radius 3 is 2.46 bits per heavy atom. The molecule has 2 atom stereocenters. The monoisotopic (exact) mass is 211 g/mol. The molecule has 0 heterocycles. The first-order valence-corrected chi connectivity index (χ1v) is 5.27. The maximum Gasteiger partial charge on any atom is 0.539 e. The summed E-state index contributed by atoms with van der Waals surface area (Å²) >= 11 is 0. The minimum absolute atomic E-state index is 0.226. The summed E-state index contributed by atoms with van der Waals surface area (Å²) in [6.07, 6.45) is 0. The van der Waals surface area contributed by atoms with E-state index < -0.39 is 13.9 Å². The number of hydrogen-bond acceptors (Lipinski definition) is 5. The summed E-state index contributed by atoms with van der Waals surface area (Å²) in [4.78, 5) is 0. The van der Waals surface area contributed by atoms with E-state index in [0.717, 1.165) is 0 Å². The van der Waals surface area contributed by atoms with Crippen molar-refractivity contribution in [2.75, 3.05) is 33.5 Å². The molecule has 0 saturated heterocycles. The Morgan fingerprint density at radius 2 is 1.92 bits per heavy atom. The fraction of sp³-hybridized carbons (Fsp3) is 1.00. The lowest BCUT2D eigenvalue weighted by molar-refractivity contribution is 0.0545. The van der Waals surface area contributed by atoms with Gasteiger partial charge in [0.25, 0.3) is 5.85 Å². The van der Waals surface area contributed by atoms with Gasteiger partial charge in [0.05, 0.1) is 19.8 Å². The predicted octanol–water partition coefficient (Wildman–Crippen LogP) is 0.747. The van der Waals surface area contributed by atoms with Crippen molar-refractivity contribution in [3.05, 3.63) is 0 Å². The molecule has 0 aliphatic rings. The number of methoxy groups -OCH3 is 1. The third-order valence-corrected chi connectivity index (χ3v) is 2.23. The molecule has 2 unspecified atom stereocenters. The zero-order valence-corrected chi connectivity index (χ0v) is 8.83. The lowest BCUT2D eigenvalue weighted by Gasteiger charge is -1.99. The van der Waals surface area contributed by atoms with Gasteiger partial charge in [0.1, 0.15) is 6.61 Å². The van der Waals surface area contributed by atoms with Gasteiger partial charge in [-0.3, -0.25) is 0 Å². The molecule has 78 valence electrons. The molecular weight excluding hydrogens is 195 g/mol. The second-order valence-corrected chi connectivity index (χ2v) is 3.93. The van der Waals surface area contributed by atoms with Crippen molar-refractivity contribution in [1.82, 2.24) is 0 Å². The Bertz CT molecular complexity index is 139. The van der Waals surface area contributed by atoms with Gasteiger partial charge in [-0.15, -0.1) is 4.52 Å². The van der Waals surface area contributed by atoms with Crippen LogP contribution in [-0.4, -0.2) is 44.5 Å². The van der Waals surface area contributed by atoms with Crippen LogP contribution in [0.2, 0.25) is 0 Å². The third kappa shape index (κ3) is 8.28. The number of rotatable bonds is 8. The summed E-state index contributed by atoms with van der Waals surface area (Å²) in [5, 5.41) is 8.79. The Hall–Kier alpha value is -0.0600. The molecule has 0 aromatic carbocycles. The summed E-state index contributed by atoms with van der Waals surface area (Å²) in [5.74, 6) is -0.922. The highest BCUT2D eigenvalue weighted by atomic mass is 31.1. The number of aliphatic hydroxyl groups is 1. The highest BCUT2D eigenvalue weighted by Gasteiger charge is 2.24. The second kappa shape index (κ2) is 8.53. The predicted molar refractivity (Wildman–Crippen MR) is 47.9 cm³/mol. The average molecular weight is 211 g/mol. The smallest absolute Gasteiger partial charge is 0.382 e. The highest BCUT2D eigenvalue weighted by Crippen LogP contribution is 2.26. The zero-order valence-electron chi connectivity index (χ0n) is 7.93.